The summed E-state index contributed by atoms with van der Waals surface area (Å²) in [5, 5.41) is 1.07. The van der Waals surface area contributed by atoms with E-state index < -0.39 is 0 Å². The summed E-state index contributed by atoms with van der Waals surface area (Å²) in [6.45, 7) is 0. The fourth-order valence-electron chi connectivity index (χ4n) is 2.95. The molecule has 1 aromatic carbocycles. The van der Waals surface area contributed by atoms with Crippen LogP contribution in [-0.2, 0) is 12.8 Å². The maximum atomic E-state index is 12.7. The topological polar surface area (TPSA) is 30.0 Å². The predicted octanol–water partition coefficient (Wildman–Crippen LogP) is 4.41. The molecule has 0 atom stereocenters. The minimum Gasteiger partial charge on any atom is -0.288 e. The lowest BCUT2D eigenvalue weighted by Crippen LogP contribution is -1.99. The zero-order valence-corrected chi connectivity index (χ0v) is 12.5. The average molecular weight is 293 g/mol. The number of carbonyl (C=O) groups excluding carboxylic acids is 1. The highest BCUT2D eigenvalue weighted by atomic mass is 32.1. The lowest BCUT2D eigenvalue weighted by atomic mass is 9.98. The van der Waals surface area contributed by atoms with E-state index in [-0.39, 0.29) is 5.78 Å². The molecule has 0 saturated carbocycles. The van der Waals surface area contributed by atoms with Gasteiger partial charge in [-0.15, -0.1) is 11.3 Å². The molecule has 3 aromatic rings. The number of fused-ring (bicyclic) bond motifs is 2. The van der Waals surface area contributed by atoms with Gasteiger partial charge in [0, 0.05) is 22.0 Å². The molecule has 0 unspecified atom stereocenters. The fraction of sp³-hybridized carbons (Fsp3) is 0.222. The second-order valence-corrected chi connectivity index (χ2v) is 6.64. The second-order valence-electron chi connectivity index (χ2n) is 5.51. The number of hydrogen-bond donors (Lipinski definition) is 0. The largest absolute Gasteiger partial charge is 0.288 e. The van der Waals surface area contributed by atoms with Gasteiger partial charge in [-0.3, -0.25) is 9.78 Å². The molecular formula is C18H15NOS. The Kier molecular flexibility index (Phi) is 3.08. The van der Waals surface area contributed by atoms with Crippen molar-refractivity contribution in [2.75, 3.05) is 0 Å². The summed E-state index contributed by atoms with van der Waals surface area (Å²) in [7, 11) is 0. The molecule has 2 heterocycles. The van der Waals surface area contributed by atoms with E-state index in [4.69, 9.17) is 0 Å². The number of benzene rings is 1. The van der Waals surface area contributed by atoms with Crippen molar-refractivity contribution >= 4 is 28.0 Å². The Morgan fingerprint density at radius 3 is 2.90 bits per heavy atom. The summed E-state index contributed by atoms with van der Waals surface area (Å²) in [6, 6.07) is 11.8. The quantitative estimate of drug-likeness (QED) is 0.655. The maximum Gasteiger partial charge on any atom is 0.203 e. The van der Waals surface area contributed by atoms with Gasteiger partial charge in [0.2, 0.25) is 5.78 Å². The monoisotopic (exact) mass is 293 g/mol. The average Bonchev–Trinajstić information content (AvgIpc) is 2.97. The van der Waals surface area contributed by atoms with Crippen molar-refractivity contribution in [3.63, 3.8) is 0 Å². The lowest BCUT2D eigenvalue weighted by Gasteiger charge is -2.08. The molecule has 0 spiro atoms. The Bertz CT molecular complexity index is 811. The van der Waals surface area contributed by atoms with Gasteiger partial charge in [-0.1, -0.05) is 18.2 Å². The third kappa shape index (κ3) is 2.28. The van der Waals surface area contributed by atoms with Crippen LogP contribution in [0, 0.1) is 0 Å². The van der Waals surface area contributed by atoms with Gasteiger partial charge in [0.25, 0.3) is 0 Å². The number of aryl methyl sites for hydroxylation is 2. The Morgan fingerprint density at radius 2 is 2.00 bits per heavy atom. The number of hydrogen-bond acceptors (Lipinski definition) is 3. The van der Waals surface area contributed by atoms with Gasteiger partial charge in [-0.05, 0) is 49.4 Å². The van der Waals surface area contributed by atoms with Crippen LogP contribution < -0.4 is 0 Å². The van der Waals surface area contributed by atoms with Crippen molar-refractivity contribution in [1.29, 1.82) is 0 Å². The third-order valence-corrected chi connectivity index (χ3v) is 5.32. The van der Waals surface area contributed by atoms with Crippen molar-refractivity contribution in [3.8, 4) is 0 Å². The molecule has 0 N–H and O–H groups in total. The van der Waals surface area contributed by atoms with Crippen LogP contribution in [0.4, 0.5) is 0 Å². The summed E-state index contributed by atoms with van der Waals surface area (Å²) in [5.74, 6) is 0.127. The molecule has 2 nitrogen and oxygen atoms in total. The van der Waals surface area contributed by atoms with Gasteiger partial charge in [0.1, 0.15) is 0 Å². The van der Waals surface area contributed by atoms with Crippen LogP contribution in [0.25, 0.3) is 10.9 Å². The number of rotatable bonds is 2. The minimum absolute atomic E-state index is 0.127. The number of ketones is 1. The summed E-state index contributed by atoms with van der Waals surface area (Å²) < 4.78 is 0. The first-order valence-corrected chi connectivity index (χ1v) is 8.14. The van der Waals surface area contributed by atoms with Gasteiger partial charge in [-0.2, -0.15) is 0 Å². The van der Waals surface area contributed by atoms with E-state index in [9.17, 15) is 4.79 Å². The Morgan fingerprint density at radius 1 is 1.10 bits per heavy atom. The molecule has 3 heteroatoms. The molecule has 0 fully saturated rings. The fourth-order valence-corrected chi connectivity index (χ4v) is 4.17. The van der Waals surface area contributed by atoms with Crippen molar-refractivity contribution in [1.82, 2.24) is 4.98 Å². The highest BCUT2D eigenvalue weighted by Gasteiger charge is 2.18. The van der Waals surface area contributed by atoms with E-state index in [0.29, 0.717) is 0 Å². The molecule has 21 heavy (non-hydrogen) atoms. The van der Waals surface area contributed by atoms with Crippen molar-refractivity contribution in [2.24, 2.45) is 0 Å². The molecule has 1 aliphatic carbocycles. The number of aromatic nitrogens is 1. The van der Waals surface area contributed by atoms with E-state index in [2.05, 4.69) is 11.1 Å². The van der Waals surface area contributed by atoms with Crippen LogP contribution in [0.2, 0.25) is 0 Å². The molecule has 0 amide bonds. The van der Waals surface area contributed by atoms with E-state index in [1.54, 1.807) is 17.5 Å². The van der Waals surface area contributed by atoms with Gasteiger partial charge in [0.15, 0.2) is 0 Å². The molecule has 0 radical (unpaired) electrons. The van der Waals surface area contributed by atoms with Crippen LogP contribution in [0.1, 0.15) is 38.5 Å². The summed E-state index contributed by atoms with van der Waals surface area (Å²) >= 11 is 1.67. The normalized spacial score (nSPS) is 14.1. The van der Waals surface area contributed by atoms with E-state index >= 15 is 0 Å². The summed E-state index contributed by atoms with van der Waals surface area (Å²) in [5.41, 5.74) is 3.00. The first-order valence-electron chi connectivity index (χ1n) is 7.32. The number of pyridine rings is 1. The second kappa shape index (κ2) is 5.08. The smallest absolute Gasteiger partial charge is 0.203 e. The first kappa shape index (κ1) is 12.7. The van der Waals surface area contributed by atoms with Gasteiger partial charge < -0.3 is 0 Å². The Balaban J connectivity index is 1.73. The summed E-state index contributed by atoms with van der Waals surface area (Å²) in [4.78, 5) is 19.3. The Hall–Kier alpha value is -2.00. The van der Waals surface area contributed by atoms with Gasteiger partial charge in [-0.25, -0.2) is 0 Å². The zero-order valence-electron chi connectivity index (χ0n) is 11.6. The van der Waals surface area contributed by atoms with Crippen molar-refractivity contribution in [2.45, 2.75) is 25.7 Å². The number of carbonyl (C=O) groups is 1. The zero-order chi connectivity index (χ0) is 14.2. The maximum absolute atomic E-state index is 12.7. The van der Waals surface area contributed by atoms with Crippen LogP contribution in [-0.4, -0.2) is 10.8 Å². The van der Waals surface area contributed by atoms with E-state index in [1.165, 1.54) is 23.3 Å². The molecule has 0 bridgehead atoms. The van der Waals surface area contributed by atoms with Gasteiger partial charge in [0.05, 0.1) is 10.4 Å². The van der Waals surface area contributed by atoms with Crippen LogP contribution in [0.3, 0.4) is 0 Å². The standard InChI is InChI=1S/C18H15NOS/c20-18(17-11-13-4-1-2-6-16(13)21-17)14-8-7-12-5-3-9-19-15(12)10-14/h3,5,7-11H,1-2,4,6H2. The highest BCUT2D eigenvalue weighted by molar-refractivity contribution is 7.14. The molecule has 1 aliphatic rings. The van der Waals surface area contributed by atoms with Crippen LogP contribution in [0.15, 0.2) is 42.6 Å². The van der Waals surface area contributed by atoms with Gasteiger partial charge >= 0.3 is 0 Å². The summed E-state index contributed by atoms with van der Waals surface area (Å²) in [6.07, 6.45) is 6.52. The third-order valence-electron chi connectivity index (χ3n) is 4.09. The van der Waals surface area contributed by atoms with E-state index in [1.807, 2.05) is 30.3 Å². The molecule has 2 aromatic heterocycles. The van der Waals surface area contributed by atoms with Crippen LogP contribution >= 0.6 is 11.3 Å². The lowest BCUT2D eigenvalue weighted by molar-refractivity contribution is 0.104. The SMILES string of the molecule is O=C(c1ccc2cccnc2c1)c1cc2c(s1)CCCC2. The molecule has 104 valence electrons. The molecule has 4 rings (SSSR count). The molecule has 0 aliphatic heterocycles. The van der Waals surface area contributed by atoms with Crippen LogP contribution in [0.5, 0.6) is 0 Å². The minimum atomic E-state index is 0.127. The highest BCUT2D eigenvalue weighted by Crippen LogP contribution is 2.31. The number of thiophene rings is 1. The molecular weight excluding hydrogens is 278 g/mol. The molecule has 0 saturated heterocycles. The predicted molar refractivity (Wildman–Crippen MR) is 86.1 cm³/mol. The Labute approximate surface area is 127 Å². The first-order chi connectivity index (χ1) is 10.3. The van der Waals surface area contributed by atoms with E-state index in [0.717, 1.165) is 34.2 Å². The van der Waals surface area contributed by atoms with Crippen molar-refractivity contribution < 1.29 is 4.79 Å². The number of nitrogens with zero attached hydrogens (tertiary/aromatic N) is 1. The van der Waals surface area contributed by atoms with Crippen molar-refractivity contribution in [3.05, 3.63) is 63.5 Å².